The number of carbonyl (C=O) groups excluding carboxylic acids is 1. The third kappa shape index (κ3) is 1.76. The predicted molar refractivity (Wildman–Crippen MR) is 73.4 cm³/mol. The molecule has 2 aromatic heterocycles. The van der Waals surface area contributed by atoms with Crippen LogP contribution in [0.4, 0.5) is 0 Å². The normalized spacial score (nSPS) is 13.6. The van der Waals surface area contributed by atoms with Crippen molar-refractivity contribution in [1.29, 1.82) is 0 Å². The Balaban J connectivity index is 2.13. The van der Waals surface area contributed by atoms with Crippen molar-refractivity contribution in [3.63, 3.8) is 0 Å². The maximum Gasteiger partial charge on any atom is 0.345 e. The number of rotatable bonds is 2. The van der Waals surface area contributed by atoms with Crippen LogP contribution >= 0.6 is 27.7 Å². The molecule has 0 aliphatic carbocycles. The topological polar surface area (TPSA) is 43.6 Å². The number of thioether (sulfide) groups is 1. The van der Waals surface area contributed by atoms with Gasteiger partial charge in [0.15, 0.2) is 5.65 Å². The first-order valence-corrected chi connectivity index (χ1v) is 7.04. The molecule has 0 radical (unpaired) electrons. The molecule has 0 unspecified atom stereocenters. The van der Waals surface area contributed by atoms with E-state index in [9.17, 15) is 4.79 Å². The number of halogens is 1. The van der Waals surface area contributed by atoms with Gasteiger partial charge in [-0.2, -0.15) is 0 Å². The van der Waals surface area contributed by atoms with E-state index in [2.05, 4.69) is 20.9 Å². The summed E-state index contributed by atoms with van der Waals surface area (Å²) in [4.78, 5) is 16.7. The van der Waals surface area contributed by atoms with Gasteiger partial charge in [-0.25, -0.2) is 9.78 Å². The Bertz CT molecular complexity index is 678. The van der Waals surface area contributed by atoms with Crippen molar-refractivity contribution >= 4 is 45.4 Å². The number of aromatic nitrogens is 2. The quantitative estimate of drug-likeness (QED) is 0.796. The molecule has 0 bridgehead atoms. The molecule has 0 saturated heterocycles. The number of carbonyl (C=O) groups is 1. The Hall–Kier alpha value is -1.27. The Morgan fingerprint density at radius 2 is 2.39 bits per heavy atom. The average molecular weight is 325 g/mol. The summed E-state index contributed by atoms with van der Waals surface area (Å²) in [5, 5.41) is 0.964. The number of ether oxygens (including phenoxy) is 1. The number of nitrogens with zero attached hydrogens (tertiary/aromatic N) is 2. The first-order chi connectivity index (χ1) is 8.70. The van der Waals surface area contributed by atoms with Crippen LogP contribution in [0.3, 0.4) is 0 Å². The molecule has 0 amide bonds. The monoisotopic (exact) mass is 324 g/mol. The molecule has 0 aromatic carbocycles. The van der Waals surface area contributed by atoms with Gasteiger partial charge in [-0.1, -0.05) is 11.8 Å². The van der Waals surface area contributed by atoms with E-state index in [1.807, 2.05) is 22.6 Å². The highest BCUT2D eigenvalue weighted by atomic mass is 79.9. The van der Waals surface area contributed by atoms with Gasteiger partial charge in [-0.3, -0.25) is 4.40 Å². The fourth-order valence-corrected chi connectivity index (χ4v) is 3.20. The number of imidazole rings is 1. The van der Waals surface area contributed by atoms with E-state index in [1.165, 1.54) is 11.8 Å². The van der Waals surface area contributed by atoms with Gasteiger partial charge >= 0.3 is 5.97 Å². The first kappa shape index (κ1) is 11.8. The second-order valence-electron chi connectivity index (χ2n) is 3.69. The van der Waals surface area contributed by atoms with Crippen molar-refractivity contribution in [2.75, 3.05) is 6.61 Å². The number of hydrogen-bond donors (Lipinski definition) is 0. The minimum atomic E-state index is -0.286. The van der Waals surface area contributed by atoms with Crippen LogP contribution in [-0.4, -0.2) is 22.0 Å². The van der Waals surface area contributed by atoms with Gasteiger partial charge in [-0.05, 0) is 41.1 Å². The molecule has 6 heteroatoms. The van der Waals surface area contributed by atoms with E-state index in [4.69, 9.17) is 4.74 Å². The van der Waals surface area contributed by atoms with E-state index >= 15 is 0 Å². The maximum atomic E-state index is 11.8. The van der Waals surface area contributed by atoms with Gasteiger partial charge in [0.25, 0.3) is 0 Å². The fourth-order valence-electron chi connectivity index (χ4n) is 1.82. The van der Waals surface area contributed by atoms with Crippen molar-refractivity contribution in [3.05, 3.63) is 33.4 Å². The summed E-state index contributed by atoms with van der Waals surface area (Å²) >= 11 is 4.86. The smallest absolute Gasteiger partial charge is 0.345 e. The van der Waals surface area contributed by atoms with Gasteiger partial charge in [0.1, 0.15) is 4.91 Å². The summed E-state index contributed by atoms with van der Waals surface area (Å²) in [6, 6.07) is 3.89. The van der Waals surface area contributed by atoms with Gasteiger partial charge < -0.3 is 4.74 Å². The zero-order valence-electron chi connectivity index (χ0n) is 9.51. The Morgan fingerprint density at radius 1 is 1.56 bits per heavy atom. The van der Waals surface area contributed by atoms with Crippen molar-refractivity contribution in [1.82, 2.24) is 9.38 Å². The van der Waals surface area contributed by atoms with Crippen molar-refractivity contribution in [2.45, 2.75) is 11.9 Å². The summed E-state index contributed by atoms with van der Waals surface area (Å²) in [6.07, 6.45) is 3.56. The van der Waals surface area contributed by atoms with Crippen molar-refractivity contribution in [2.24, 2.45) is 0 Å². The predicted octanol–water partition coefficient (Wildman–Crippen LogP) is 3.11. The fraction of sp³-hybridized carbons (Fsp3) is 0.167. The third-order valence-electron chi connectivity index (χ3n) is 2.57. The molecule has 92 valence electrons. The van der Waals surface area contributed by atoms with Gasteiger partial charge in [-0.15, -0.1) is 0 Å². The van der Waals surface area contributed by atoms with E-state index < -0.39 is 0 Å². The van der Waals surface area contributed by atoms with Gasteiger partial charge in [0, 0.05) is 0 Å². The van der Waals surface area contributed by atoms with Crippen LogP contribution in [0.15, 0.2) is 32.7 Å². The molecule has 0 fully saturated rings. The number of esters is 1. The van der Waals surface area contributed by atoms with Gasteiger partial charge in [0.05, 0.1) is 28.0 Å². The zero-order valence-corrected chi connectivity index (χ0v) is 11.9. The molecule has 3 heterocycles. The summed E-state index contributed by atoms with van der Waals surface area (Å²) in [7, 11) is 0. The van der Waals surface area contributed by atoms with Crippen LogP contribution in [0.5, 0.6) is 0 Å². The molecule has 0 saturated carbocycles. The van der Waals surface area contributed by atoms with Crippen LogP contribution in [0, 0.1) is 0 Å². The van der Waals surface area contributed by atoms with E-state index in [-0.39, 0.29) is 5.97 Å². The van der Waals surface area contributed by atoms with Crippen molar-refractivity contribution in [3.8, 4) is 0 Å². The molecule has 2 aromatic rings. The lowest BCUT2D eigenvalue weighted by Gasteiger charge is -2.14. The largest absolute Gasteiger partial charge is 0.462 e. The molecular formula is C12H9BrN2O2S. The van der Waals surface area contributed by atoms with Gasteiger partial charge in [0.2, 0.25) is 0 Å². The van der Waals surface area contributed by atoms with Crippen LogP contribution < -0.4 is 0 Å². The molecular weight excluding hydrogens is 316 g/mol. The second-order valence-corrected chi connectivity index (χ2v) is 5.61. The first-order valence-electron chi connectivity index (χ1n) is 5.43. The van der Waals surface area contributed by atoms with Crippen molar-refractivity contribution < 1.29 is 9.53 Å². The second kappa shape index (κ2) is 4.44. The molecule has 4 nitrogen and oxygen atoms in total. The lowest BCUT2D eigenvalue weighted by atomic mass is 10.3. The number of hydrogen-bond acceptors (Lipinski definition) is 4. The summed E-state index contributed by atoms with van der Waals surface area (Å²) in [5.74, 6) is -0.286. The van der Waals surface area contributed by atoms with Crippen LogP contribution in [0.2, 0.25) is 0 Å². The standard InChI is InChI=1S/C12H9BrN2O2S/c1-2-17-12(16)9-5-7-6-14-11-8(13)3-4-10(18-9)15(7)11/h3-6H,2H2,1H3. The summed E-state index contributed by atoms with van der Waals surface area (Å²) in [5.41, 5.74) is 1.75. The van der Waals surface area contributed by atoms with Crippen LogP contribution in [0.25, 0.3) is 11.7 Å². The Labute approximate surface area is 116 Å². The SMILES string of the molecule is CCOC(=O)C1=Cc2cnc3c(Br)ccc(n23)S1. The molecule has 18 heavy (non-hydrogen) atoms. The van der Waals surface area contributed by atoms with E-state index in [1.54, 1.807) is 13.1 Å². The van der Waals surface area contributed by atoms with Crippen LogP contribution in [-0.2, 0) is 9.53 Å². The molecule has 1 aliphatic heterocycles. The van der Waals surface area contributed by atoms with Crippen LogP contribution in [0.1, 0.15) is 12.6 Å². The highest BCUT2D eigenvalue weighted by Crippen LogP contribution is 2.36. The molecule has 3 rings (SSSR count). The van der Waals surface area contributed by atoms with E-state index in [0.29, 0.717) is 11.5 Å². The molecule has 0 atom stereocenters. The molecule has 0 N–H and O–H groups in total. The average Bonchev–Trinajstić information content (AvgIpc) is 2.79. The minimum absolute atomic E-state index is 0.286. The lowest BCUT2D eigenvalue weighted by Crippen LogP contribution is -2.09. The highest BCUT2D eigenvalue weighted by Gasteiger charge is 2.21. The Morgan fingerprint density at radius 3 is 3.17 bits per heavy atom. The zero-order chi connectivity index (χ0) is 12.7. The lowest BCUT2D eigenvalue weighted by molar-refractivity contribution is -0.137. The molecule has 1 aliphatic rings. The summed E-state index contributed by atoms with van der Waals surface area (Å²) < 4.78 is 7.97. The molecule has 0 spiro atoms. The maximum absolute atomic E-state index is 11.8. The minimum Gasteiger partial charge on any atom is -0.462 e. The third-order valence-corrected chi connectivity index (χ3v) is 4.22. The Kier molecular flexibility index (Phi) is 2.91. The summed E-state index contributed by atoms with van der Waals surface area (Å²) in [6.45, 7) is 2.18. The van der Waals surface area contributed by atoms with E-state index in [0.717, 1.165) is 20.8 Å². The highest BCUT2D eigenvalue weighted by molar-refractivity contribution is 9.10. The number of pyridine rings is 1.